The molecular weight excluding hydrogens is 412 g/mol. The van der Waals surface area contributed by atoms with Crippen molar-refractivity contribution in [3.8, 4) is 11.1 Å². The number of hydrogen-bond acceptors (Lipinski definition) is 3. The average molecular weight is 441 g/mol. The lowest BCUT2D eigenvalue weighted by atomic mass is 9.98. The van der Waals surface area contributed by atoms with Gasteiger partial charge in [0.1, 0.15) is 5.82 Å². The molecule has 1 N–H and O–H groups in total. The maximum Gasteiger partial charge on any atom is 0.336 e. The van der Waals surface area contributed by atoms with Gasteiger partial charge in [0.05, 0.1) is 23.0 Å². The van der Waals surface area contributed by atoms with Gasteiger partial charge in [0.2, 0.25) is 0 Å². The number of benzene rings is 3. The molecule has 3 aromatic carbocycles. The van der Waals surface area contributed by atoms with E-state index in [0.29, 0.717) is 23.4 Å². The number of aromatic nitrogens is 2. The summed E-state index contributed by atoms with van der Waals surface area (Å²) < 4.78 is 1.77. The second-order valence-corrected chi connectivity index (χ2v) is 8.65. The van der Waals surface area contributed by atoms with E-state index in [-0.39, 0.29) is 11.1 Å². The minimum Gasteiger partial charge on any atom is -0.478 e. The third-order valence-electron chi connectivity index (χ3n) is 5.96. The molecule has 0 saturated carbocycles. The Morgan fingerprint density at radius 1 is 1.03 bits per heavy atom. The van der Waals surface area contributed by atoms with Crippen LogP contribution in [0.4, 0.5) is 0 Å². The maximum atomic E-state index is 13.5. The Labute approximate surface area is 193 Å². The van der Waals surface area contributed by atoms with Gasteiger partial charge in [0, 0.05) is 6.42 Å². The standard InChI is InChI=1S/C28H28N2O3/c1-4-7-26-29-25-15-14-21(18(2)3)16-24(25)27(31)30(26)17-19-10-12-20(13-11-19)22-8-5-6-9-23(22)28(32)33/h5-6,8-16,18H,4,7,17H2,1-3H3,(H,32,33). The molecule has 0 amide bonds. The lowest BCUT2D eigenvalue weighted by Gasteiger charge is -2.15. The molecule has 0 aliphatic rings. The van der Waals surface area contributed by atoms with Crippen LogP contribution in [-0.2, 0) is 13.0 Å². The summed E-state index contributed by atoms with van der Waals surface area (Å²) in [4.78, 5) is 29.9. The molecule has 0 aliphatic carbocycles. The van der Waals surface area contributed by atoms with Crippen LogP contribution in [0.1, 0.15) is 60.4 Å². The van der Waals surface area contributed by atoms with Crippen LogP contribution < -0.4 is 5.56 Å². The Morgan fingerprint density at radius 2 is 1.76 bits per heavy atom. The largest absolute Gasteiger partial charge is 0.478 e. The zero-order valence-electron chi connectivity index (χ0n) is 19.2. The molecule has 1 heterocycles. The summed E-state index contributed by atoms with van der Waals surface area (Å²) in [5.41, 5.74) is 4.58. The lowest BCUT2D eigenvalue weighted by molar-refractivity contribution is 0.0697. The fourth-order valence-electron chi connectivity index (χ4n) is 4.11. The zero-order chi connectivity index (χ0) is 23.5. The molecule has 4 rings (SSSR count). The van der Waals surface area contributed by atoms with Gasteiger partial charge in [-0.15, -0.1) is 0 Å². The van der Waals surface area contributed by atoms with E-state index < -0.39 is 5.97 Å². The molecule has 4 aromatic rings. The number of aromatic carboxylic acids is 1. The SMILES string of the molecule is CCCc1nc2ccc(C(C)C)cc2c(=O)n1Cc1ccc(-c2ccccc2C(=O)O)cc1. The zero-order valence-corrected chi connectivity index (χ0v) is 19.2. The Hall–Kier alpha value is -3.73. The minimum atomic E-state index is -0.951. The Morgan fingerprint density at radius 3 is 2.42 bits per heavy atom. The first kappa shape index (κ1) is 22.5. The van der Waals surface area contributed by atoms with E-state index in [4.69, 9.17) is 4.98 Å². The normalized spacial score (nSPS) is 11.3. The molecule has 0 saturated heterocycles. The minimum absolute atomic E-state index is 0.0220. The molecule has 33 heavy (non-hydrogen) atoms. The number of nitrogens with zero attached hydrogens (tertiary/aromatic N) is 2. The first-order valence-corrected chi connectivity index (χ1v) is 11.3. The number of hydrogen-bond donors (Lipinski definition) is 1. The summed E-state index contributed by atoms with van der Waals surface area (Å²) in [6, 6.07) is 20.6. The van der Waals surface area contributed by atoms with Gasteiger partial charge in [-0.2, -0.15) is 0 Å². The number of fused-ring (bicyclic) bond motifs is 1. The van der Waals surface area contributed by atoms with Gasteiger partial charge in [-0.1, -0.05) is 69.3 Å². The highest BCUT2D eigenvalue weighted by atomic mass is 16.4. The fraction of sp³-hybridized carbons (Fsp3) is 0.250. The van der Waals surface area contributed by atoms with Crippen molar-refractivity contribution in [2.75, 3.05) is 0 Å². The Balaban J connectivity index is 1.74. The van der Waals surface area contributed by atoms with E-state index in [0.717, 1.165) is 40.9 Å². The van der Waals surface area contributed by atoms with Crippen LogP contribution in [0.2, 0.25) is 0 Å². The number of carbonyl (C=O) groups is 1. The third-order valence-corrected chi connectivity index (χ3v) is 5.96. The maximum absolute atomic E-state index is 13.5. The van der Waals surface area contributed by atoms with Crippen molar-refractivity contribution < 1.29 is 9.90 Å². The van der Waals surface area contributed by atoms with Crippen LogP contribution in [0.25, 0.3) is 22.0 Å². The van der Waals surface area contributed by atoms with Crippen molar-refractivity contribution in [2.24, 2.45) is 0 Å². The van der Waals surface area contributed by atoms with Gasteiger partial charge < -0.3 is 5.11 Å². The highest BCUT2D eigenvalue weighted by Crippen LogP contribution is 2.25. The van der Waals surface area contributed by atoms with Gasteiger partial charge in [-0.05, 0) is 52.8 Å². The van der Waals surface area contributed by atoms with Gasteiger partial charge in [0.25, 0.3) is 5.56 Å². The van der Waals surface area contributed by atoms with Crippen molar-refractivity contribution in [2.45, 2.75) is 46.1 Å². The van der Waals surface area contributed by atoms with Gasteiger partial charge in [0.15, 0.2) is 0 Å². The van der Waals surface area contributed by atoms with E-state index in [1.165, 1.54) is 0 Å². The Kier molecular flexibility index (Phi) is 6.40. The first-order chi connectivity index (χ1) is 15.9. The molecule has 5 nitrogen and oxygen atoms in total. The molecule has 0 fully saturated rings. The molecule has 0 aliphatic heterocycles. The predicted molar refractivity (Wildman–Crippen MR) is 132 cm³/mol. The van der Waals surface area contributed by atoms with E-state index in [1.54, 1.807) is 16.7 Å². The van der Waals surface area contributed by atoms with Gasteiger partial charge in [-0.3, -0.25) is 9.36 Å². The molecule has 5 heteroatoms. The number of aryl methyl sites for hydroxylation is 1. The van der Waals surface area contributed by atoms with E-state index in [1.807, 2.05) is 54.6 Å². The number of carboxylic acid groups (broad SMARTS) is 1. The molecule has 0 atom stereocenters. The fourth-order valence-corrected chi connectivity index (χ4v) is 4.11. The first-order valence-electron chi connectivity index (χ1n) is 11.3. The quantitative estimate of drug-likeness (QED) is 0.389. The smallest absolute Gasteiger partial charge is 0.336 e. The summed E-state index contributed by atoms with van der Waals surface area (Å²) >= 11 is 0. The topological polar surface area (TPSA) is 72.2 Å². The van der Waals surface area contributed by atoms with E-state index >= 15 is 0 Å². The van der Waals surface area contributed by atoms with Crippen molar-refractivity contribution in [1.29, 1.82) is 0 Å². The second-order valence-electron chi connectivity index (χ2n) is 8.65. The lowest BCUT2D eigenvalue weighted by Crippen LogP contribution is -2.26. The van der Waals surface area contributed by atoms with Crippen LogP contribution in [-0.4, -0.2) is 20.6 Å². The van der Waals surface area contributed by atoms with E-state index in [2.05, 4.69) is 20.8 Å². The molecular formula is C28H28N2O3. The van der Waals surface area contributed by atoms with Crippen molar-refractivity contribution in [1.82, 2.24) is 9.55 Å². The monoisotopic (exact) mass is 440 g/mol. The Bertz CT molecular complexity index is 1370. The van der Waals surface area contributed by atoms with Crippen molar-refractivity contribution in [3.63, 3.8) is 0 Å². The summed E-state index contributed by atoms with van der Waals surface area (Å²) in [7, 11) is 0. The van der Waals surface area contributed by atoms with Crippen molar-refractivity contribution >= 4 is 16.9 Å². The van der Waals surface area contributed by atoms with Crippen LogP contribution in [0.5, 0.6) is 0 Å². The summed E-state index contributed by atoms with van der Waals surface area (Å²) in [5.74, 6) is 0.167. The van der Waals surface area contributed by atoms with Crippen LogP contribution in [0.15, 0.2) is 71.5 Å². The predicted octanol–water partition coefficient (Wildman–Crippen LogP) is 5.89. The number of rotatable bonds is 7. The van der Waals surface area contributed by atoms with E-state index in [9.17, 15) is 14.7 Å². The molecule has 0 unspecified atom stereocenters. The van der Waals surface area contributed by atoms with Gasteiger partial charge in [-0.25, -0.2) is 9.78 Å². The molecule has 168 valence electrons. The summed E-state index contributed by atoms with van der Waals surface area (Å²) in [6.45, 7) is 6.73. The molecule has 1 aromatic heterocycles. The number of carboxylic acids is 1. The average Bonchev–Trinajstić information content (AvgIpc) is 2.82. The molecule has 0 radical (unpaired) electrons. The van der Waals surface area contributed by atoms with Gasteiger partial charge >= 0.3 is 5.97 Å². The highest BCUT2D eigenvalue weighted by Gasteiger charge is 2.14. The van der Waals surface area contributed by atoms with Crippen LogP contribution in [0.3, 0.4) is 0 Å². The third kappa shape index (κ3) is 4.58. The van der Waals surface area contributed by atoms with Crippen LogP contribution in [0, 0.1) is 0 Å². The van der Waals surface area contributed by atoms with Crippen LogP contribution >= 0.6 is 0 Å². The highest BCUT2D eigenvalue weighted by molar-refractivity contribution is 5.96. The molecule has 0 spiro atoms. The second kappa shape index (κ2) is 9.41. The molecule has 0 bridgehead atoms. The summed E-state index contributed by atoms with van der Waals surface area (Å²) in [6.07, 6.45) is 1.62. The summed E-state index contributed by atoms with van der Waals surface area (Å²) in [5, 5.41) is 10.1. The van der Waals surface area contributed by atoms with Crippen molar-refractivity contribution in [3.05, 3.63) is 99.6 Å².